The predicted molar refractivity (Wildman–Crippen MR) is 106 cm³/mol. The van der Waals surface area contributed by atoms with Crippen LogP contribution in [0.2, 0.25) is 0 Å². The lowest BCUT2D eigenvalue weighted by Crippen LogP contribution is -2.41. The minimum atomic E-state index is -4.67. The molecule has 1 unspecified atom stereocenters. The summed E-state index contributed by atoms with van der Waals surface area (Å²) in [6.45, 7) is -0.480. The van der Waals surface area contributed by atoms with Gasteiger partial charge >= 0.3 is 12.1 Å². The molecule has 3 aliphatic carbocycles. The molecule has 0 radical (unpaired) electrons. The average Bonchev–Trinajstić information content (AvgIpc) is 3.56. The van der Waals surface area contributed by atoms with E-state index in [-0.39, 0.29) is 5.41 Å². The Labute approximate surface area is 177 Å². The molecule has 168 valence electrons. The van der Waals surface area contributed by atoms with Crippen LogP contribution in [0.4, 0.5) is 13.2 Å². The minimum absolute atomic E-state index is 0.296. The first-order chi connectivity index (χ1) is 14.5. The third-order valence-corrected chi connectivity index (χ3v) is 7.75. The summed E-state index contributed by atoms with van der Waals surface area (Å²) in [6.07, 6.45) is -0.594. The van der Waals surface area contributed by atoms with E-state index < -0.39 is 45.2 Å². The van der Waals surface area contributed by atoms with Crippen LogP contribution >= 0.6 is 0 Å². The molecule has 0 saturated heterocycles. The van der Waals surface area contributed by atoms with E-state index in [9.17, 15) is 26.4 Å². The topological polar surface area (TPSA) is 122 Å². The van der Waals surface area contributed by atoms with E-state index >= 15 is 0 Å². The Balaban J connectivity index is 1.64. The Bertz CT molecular complexity index is 1070. The maximum Gasteiger partial charge on any atom is 0.416 e. The molecule has 0 heterocycles. The van der Waals surface area contributed by atoms with Crippen LogP contribution in [0.25, 0.3) is 0 Å². The molecule has 0 bridgehead atoms. The summed E-state index contributed by atoms with van der Waals surface area (Å²) in [4.78, 5) is 14.4. The predicted octanol–water partition coefficient (Wildman–Crippen LogP) is 2.57. The van der Waals surface area contributed by atoms with Crippen LogP contribution < -0.4 is 10.5 Å². The largest absolute Gasteiger partial charge is 0.480 e. The van der Waals surface area contributed by atoms with E-state index in [1.165, 1.54) is 12.3 Å². The Morgan fingerprint density at radius 1 is 1.32 bits per heavy atom. The monoisotopic (exact) mass is 457 g/mol. The molecule has 0 amide bonds. The standard InChI is InChI=1S/C20H22F3N3O4S/c21-20(22,23)12-4-11(19-7-13(19)8-19)5-14(6-12)31(29,30)26-17-3-1-2-16(15(17)9-24)25-10-18(27)28/h4-6,9,13,17,26H,1-3,7-8,10,24H2,(H,27,28). The van der Waals surface area contributed by atoms with Crippen molar-refractivity contribution in [2.45, 2.75) is 54.6 Å². The molecule has 1 atom stereocenters. The number of sulfonamides is 1. The SMILES string of the molecule is NC=C1C(=NCC(=O)O)CCCC1NS(=O)(=O)c1cc(C(F)(F)F)cc(C23CC2C3)c1. The van der Waals surface area contributed by atoms with Gasteiger partial charge in [0.15, 0.2) is 0 Å². The smallest absolute Gasteiger partial charge is 0.416 e. The summed E-state index contributed by atoms with van der Waals surface area (Å²) in [5.41, 5.74) is 5.50. The highest BCUT2D eigenvalue weighted by atomic mass is 32.2. The van der Waals surface area contributed by atoms with E-state index in [0.29, 0.717) is 48.1 Å². The van der Waals surface area contributed by atoms with Gasteiger partial charge < -0.3 is 10.8 Å². The Hall–Kier alpha value is -2.40. The zero-order valence-electron chi connectivity index (χ0n) is 16.4. The molecular weight excluding hydrogens is 435 g/mol. The molecule has 3 saturated carbocycles. The normalized spacial score (nSPS) is 30.3. The highest BCUT2D eigenvalue weighted by molar-refractivity contribution is 7.89. The van der Waals surface area contributed by atoms with Crippen molar-refractivity contribution < 1.29 is 31.5 Å². The molecule has 3 fully saturated rings. The van der Waals surface area contributed by atoms with Gasteiger partial charge in [-0.1, -0.05) is 0 Å². The first-order valence-electron chi connectivity index (χ1n) is 9.89. The number of aliphatic imine (C=N–C) groups is 1. The number of rotatable bonds is 6. The molecule has 31 heavy (non-hydrogen) atoms. The summed E-state index contributed by atoms with van der Waals surface area (Å²) in [7, 11) is -4.29. The van der Waals surface area contributed by atoms with Gasteiger partial charge in [0.25, 0.3) is 0 Å². The van der Waals surface area contributed by atoms with Gasteiger partial charge in [-0.3, -0.25) is 9.79 Å². The first kappa shape index (κ1) is 21.8. The minimum Gasteiger partial charge on any atom is -0.480 e. The van der Waals surface area contributed by atoms with Crippen molar-refractivity contribution in [3.8, 4) is 0 Å². The summed E-state index contributed by atoms with van der Waals surface area (Å²) in [5.74, 6) is -0.793. The Morgan fingerprint density at radius 2 is 2.00 bits per heavy atom. The van der Waals surface area contributed by atoms with Crippen molar-refractivity contribution in [3.05, 3.63) is 41.1 Å². The van der Waals surface area contributed by atoms with Crippen molar-refractivity contribution >= 4 is 21.7 Å². The van der Waals surface area contributed by atoms with E-state index in [1.807, 2.05) is 0 Å². The van der Waals surface area contributed by atoms with Gasteiger partial charge in [0, 0.05) is 17.5 Å². The summed E-state index contributed by atoms with van der Waals surface area (Å²) >= 11 is 0. The summed E-state index contributed by atoms with van der Waals surface area (Å²) < 4.78 is 68.8. The van der Waals surface area contributed by atoms with Gasteiger partial charge in [-0.05, 0) is 67.2 Å². The second-order valence-electron chi connectivity index (χ2n) is 8.35. The van der Waals surface area contributed by atoms with Crippen LogP contribution in [0.3, 0.4) is 0 Å². The zero-order chi connectivity index (χ0) is 22.6. The first-order valence-corrected chi connectivity index (χ1v) is 11.4. The van der Waals surface area contributed by atoms with E-state index in [1.54, 1.807) is 0 Å². The number of nitrogens with zero attached hydrogens (tertiary/aromatic N) is 1. The third-order valence-electron chi connectivity index (χ3n) is 6.30. The second-order valence-corrected chi connectivity index (χ2v) is 10.1. The Kier molecular flexibility index (Phi) is 5.16. The van der Waals surface area contributed by atoms with Crippen LogP contribution in [-0.2, 0) is 26.4 Å². The maximum absolute atomic E-state index is 13.4. The van der Waals surface area contributed by atoms with Gasteiger partial charge in [-0.25, -0.2) is 13.1 Å². The van der Waals surface area contributed by atoms with Crippen molar-refractivity contribution in [2.24, 2.45) is 16.6 Å². The number of benzene rings is 1. The van der Waals surface area contributed by atoms with E-state index in [2.05, 4.69) is 9.71 Å². The van der Waals surface area contributed by atoms with Gasteiger partial charge in [0.1, 0.15) is 6.54 Å². The number of aliphatic carboxylic acids is 1. The van der Waals surface area contributed by atoms with Crippen LogP contribution in [0.15, 0.2) is 39.9 Å². The van der Waals surface area contributed by atoms with Gasteiger partial charge in [-0.2, -0.15) is 13.2 Å². The molecule has 7 nitrogen and oxygen atoms in total. The lowest BCUT2D eigenvalue weighted by molar-refractivity contribution is -0.138. The van der Waals surface area contributed by atoms with Crippen LogP contribution in [0.5, 0.6) is 0 Å². The summed E-state index contributed by atoms with van der Waals surface area (Å²) in [6, 6.07) is 2.23. The number of carboxylic acid groups (broad SMARTS) is 1. The lowest BCUT2D eigenvalue weighted by Gasteiger charge is -2.27. The van der Waals surface area contributed by atoms with Crippen LogP contribution in [0, 0.1) is 5.92 Å². The summed E-state index contributed by atoms with van der Waals surface area (Å²) in [5, 5.41) is 8.83. The number of nitrogens with one attached hydrogen (secondary N) is 1. The van der Waals surface area contributed by atoms with E-state index in [0.717, 1.165) is 18.9 Å². The van der Waals surface area contributed by atoms with Gasteiger partial charge in [0.2, 0.25) is 10.0 Å². The quantitative estimate of drug-likeness (QED) is 0.606. The number of halogens is 3. The highest BCUT2D eigenvalue weighted by Gasteiger charge is 2.70. The molecule has 1 aromatic rings. The fourth-order valence-corrected chi connectivity index (χ4v) is 5.60. The molecule has 0 aliphatic heterocycles. The van der Waals surface area contributed by atoms with Crippen molar-refractivity contribution in [3.63, 3.8) is 0 Å². The van der Waals surface area contributed by atoms with Crippen LogP contribution in [0.1, 0.15) is 43.2 Å². The Morgan fingerprint density at radius 3 is 2.55 bits per heavy atom. The number of carbonyl (C=O) groups is 1. The van der Waals surface area contributed by atoms with Gasteiger partial charge in [0.05, 0.1) is 16.5 Å². The molecule has 1 aromatic carbocycles. The molecule has 11 heteroatoms. The molecule has 4 N–H and O–H groups in total. The van der Waals surface area contributed by atoms with Crippen molar-refractivity contribution in [1.29, 1.82) is 0 Å². The second kappa shape index (κ2) is 7.33. The van der Waals surface area contributed by atoms with Gasteiger partial charge in [-0.15, -0.1) is 0 Å². The highest BCUT2D eigenvalue weighted by Crippen LogP contribution is 2.75. The maximum atomic E-state index is 13.4. The van der Waals surface area contributed by atoms with Crippen molar-refractivity contribution in [1.82, 2.24) is 4.72 Å². The zero-order valence-corrected chi connectivity index (χ0v) is 17.3. The van der Waals surface area contributed by atoms with E-state index in [4.69, 9.17) is 10.8 Å². The molecule has 0 aromatic heterocycles. The molecule has 0 spiro atoms. The van der Waals surface area contributed by atoms with Crippen molar-refractivity contribution in [2.75, 3.05) is 6.54 Å². The lowest BCUT2D eigenvalue weighted by atomic mass is 9.89. The fraction of sp³-hybridized carbons (Fsp3) is 0.500. The number of alkyl halides is 3. The number of fused-ring (bicyclic) bond motifs is 1. The third kappa shape index (κ3) is 4.20. The number of hydrogen-bond acceptors (Lipinski definition) is 5. The van der Waals surface area contributed by atoms with Crippen LogP contribution in [-0.4, -0.2) is 37.8 Å². The number of hydrogen-bond donors (Lipinski definition) is 3. The average molecular weight is 457 g/mol. The molecule has 3 aliphatic rings. The number of carboxylic acids is 1. The number of nitrogens with two attached hydrogens (primary N) is 1. The fourth-order valence-electron chi connectivity index (χ4n) is 4.28. The molecule has 4 rings (SSSR count). The molecular formula is C20H22F3N3O4S.